The molecule has 0 aliphatic rings. The van der Waals surface area contributed by atoms with Crippen LogP contribution in [0.3, 0.4) is 0 Å². The maximum atomic E-state index is 11.4. The summed E-state index contributed by atoms with van der Waals surface area (Å²) in [4.78, 5) is 14.0. The van der Waals surface area contributed by atoms with Gasteiger partial charge >= 0.3 is 0 Å². The molecule has 0 aliphatic heterocycles. The van der Waals surface area contributed by atoms with Crippen LogP contribution in [0.2, 0.25) is 0 Å². The number of aromatic nitrogens is 5. The van der Waals surface area contributed by atoms with Gasteiger partial charge in [0.05, 0.1) is 11.4 Å². The van der Waals surface area contributed by atoms with Gasteiger partial charge in [0.15, 0.2) is 0 Å². The van der Waals surface area contributed by atoms with Crippen molar-refractivity contribution >= 4 is 11.7 Å². The fraction of sp³-hybridized carbons (Fsp3) is 0.133. The molecular formula is C15H15N7O. The number of H-pyrrole nitrogens is 1. The standard InChI is InChI=1S/C15H15N7O/c1-10(18-20-15-17-14(23)11(2)19-21-15)12-4-6-13(7-5-12)22-9-3-8-16-22/h3-9H,1-2H3,(H2,17,20,21,23)/b18-10+. The summed E-state index contributed by atoms with van der Waals surface area (Å²) in [5, 5.41) is 15.9. The third kappa shape index (κ3) is 3.31. The molecule has 8 heteroatoms. The Morgan fingerprint density at radius 1 is 1.26 bits per heavy atom. The molecule has 0 atom stereocenters. The van der Waals surface area contributed by atoms with Crippen LogP contribution in [0.15, 0.2) is 52.6 Å². The molecule has 0 bridgehead atoms. The van der Waals surface area contributed by atoms with Crippen LogP contribution >= 0.6 is 0 Å². The average Bonchev–Trinajstić information content (AvgIpc) is 3.10. The molecule has 0 amide bonds. The van der Waals surface area contributed by atoms with Crippen LogP contribution in [0, 0.1) is 6.92 Å². The molecule has 0 fully saturated rings. The highest BCUT2D eigenvalue weighted by Crippen LogP contribution is 2.09. The lowest BCUT2D eigenvalue weighted by atomic mass is 10.1. The molecule has 0 saturated heterocycles. The highest BCUT2D eigenvalue weighted by molar-refractivity contribution is 5.99. The molecule has 0 saturated carbocycles. The molecule has 0 aliphatic carbocycles. The first-order valence-electron chi connectivity index (χ1n) is 6.98. The monoisotopic (exact) mass is 309 g/mol. The molecule has 116 valence electrons. The highest BCUT2D eigenvalue weighted by Gasteiger charge is 2.02. The van der Waals surface area contributed by atoms with E-state index in [9.17, 15) is 4.79 Å². The van der Waals surface area contributed by atoms with E-state index >= 15 is 0 Å². The summed E-state index contributed by atoms with van der Waals surface area (Å²) in [6, 6.07) is 9.67. The average molecular weight is 309 g/mol. The Labute approximate surface area is 131 Å². The van der Waals surface area contributed by atoms with Crippen molar-refractivity contribution in [2.75, 3.05) is 5.43 Å². The topological polar surface area (TPSA) is 101 Å². The Bertz CT molecular complexity index is 879. The number of benzene rings is 1. The minimum atomic E-state index is -0.293. The third-order valence-electron chi connectivity index (χ3n) is 3.24. The summed E-state index contributed by atoms with van der Waals surface area (Å²) in [6.45, 7) is 3.45. The molecule has 2 N–H and O–H groups in total. The predicted octanol–water partition coefficient (Wildman–Crippen LogP) is 1.50. The van der Waals surface area contributed by atoms with Crippen LogP contribution in [0.1, 0.15) is 18.2 Å². The summed E-state index contributed by atoms with van der Waals surface area (Å²) in [5.74, 6) is 0.202. The van der Waals surface area contributed by atoms with E-state index in [2.05, 4.69) is 30.8 Å². The van der Waals surface area contributed by atoms with E-state index < -0.39 is 0 Å². The third-order valence-corrected chi connectivity index (χ3v) is 3.24. The number of hydrogen-bond donors (Lipinski definition) is 2. The van der Waals surface area contributed by atoms with Crippen molar-refractivity contribution in [3.8, 4) is 5.69 Å². The highest BCUT2D eigenvalue weighted by atomic mass is 16.1. The second-order valence-electron chi connectivity index (χ2n) is 4.89. The van der Waals surface area contributed by atoms with Crippen LogP contribution in [0.4, 0.5) is 5.95 Å². The zero-order valence-corrected chi connectivity index (χ0v) is 12.7. The normalized spacial score (nSPS) is 11.5. The van der Waals surface area contributed by atoms with Gasteiger partial charge in [0, 0.05) is 12.4 Å². The van der Waals surface area contributed by atoms with Crippen LogP contribution in [-0.4, -0.2) is 30.7 Å². The van der Waals surface area contributed by atoms with Crippen molar-refractivity contribution in [1.82, 2.24) is 25.0 Å². The first-order valence-corrected chi connectivity index (χ1v) is 6.98. The zero-order chi connectivity index (χ0) is 16.2. The summed E-state index contributed by atoms with van der Waals surface area (Å²) in [6.07, 6.45) is 3.61. The minimum Gasteiger partial charge on any atom is -0.288 e. The molecule has 8 nitrogen and oxygen atoms in total. The van der Waals surface area contributed by atoms with E-state index in [4.69, 9.17) is 0 Å². The molecule has 3 rings (SSSR count). The van der Waals surface area contributed by atoms with Gasteiger partial charge in [-0.25, -0.2) is 10.1 Å². The second kappa shape index (κ2) is 6.22. The number of aryl methyl sites for hydroxylation is 1. The lowest BCUT2D eigenvalue weighted by Crippen LogP contribution is -2.16. The van der Waals surface area contributed by atoms with Crippen LogP contribution in [-0.2, 0) is 0 Å². The first kappa shape index (κ1) is 14.6. The summed E-state index contributed by atoms with van der Waals surface area (Å²) in [5.41, 5.74) is 5.37. The van der Waals surface area contributed by atoms with Crippen molar-refractivity contribution in [3.05, 3.63) is 64.3 Å². The van der Waals surface area contributed by atoms with Crippen molar-refractivity contribution in [2.45, 2.75) is 13.8 Å². The zero-order valence-electron chi connectivity index (χ0n) is 12.7. The van der Waals surface area contributed by atoms with Crippen LogP contribution < -0.4 is 11.0 Å². The molecule has 2 heterocycles. The van der Waals surface area contributed by atoms with Gasteiger partial charge < -0.3 is 0 Å². The number of hydrogen-bond acceptors (Lipinski definition) is 6. The van der Waals surface area contributed by atoms with Gasteiger partial charge in [-0.3, -0.25) is 9.78 Å². The molecule has 23 heavy (non-hydrogen) atoms. The molecule has 2 aromatic heterocycles. The number of anilines is 1. The lowest BCUT2D eigenvalue weighted by Gasteiger charge is -2.05. The number of aromatic amines is 1. The van der Waals surface area contributed by atoms with Gasteiger partial charge in [-0.15, -0.1) is 10.2 Å². The second-order valence-corrected chi connectivity index (χ2v) is 4.89. The van der Waals surface area contributed by atoms with Gasteiger partial charge in [-0.1, -0.05) is 12.1 Å². The molecule has 0 radical (unpaired) electrons. The van der Waals surface area contributed by atoms with Gasteiger partial charge in [0.1, 0.15) is 5.69 Å². The van der Waals surface area contributed by atoms with Crippen molar-refractivity contribution in [1.29, 1.82) is 0 Å². The van der Waals surface area contributed by atoms with E-state index in [1.165, 1.54) is 0 Å². The van der Waals surface area contributed by atoms with Crippen LogP contribution in [0.5, 0.6) is 0 Å². The minimum absolute atomic E-state index is 0.202. The Morgan fingerprint density at radius 2 is 2.04 bits per heavy atom. The van der Waals surface area contributed by atoms with E-state index in [0.29, 0.717) is 5.69 Å². The van der Waals surface area contributed by atoms with E-state index in [0.717, 1.165) is 17.0 Å². The maximum absolute atomic E-state index is 11.4. The summed E-state index contributed by atoms with van der Waals surface area (Å²) >= 11 is 0. The Balaban J connectivity index is 1.75. The van der Waals surface area contributed by atoms with E-state index in [1.54, 1.807) is 17.8 Å². The first-order chi connectivity index (χ1) is 11.1. The van der Waals surface area contributed by atoms with E-state index in [1.807, 2.05) is 43.5 Å². The fourth-order valence-electron chi connectivity index (χ4n) is 1.92. The van der Waals surface area contributed by atoms with E-state index in [-0.39, 0.29) is 11.5 Å². The van der Waals surface area contributed by atoms with Gasteiger partial charge in [-0.2, -0.15) is 10.2 Å². The molecular weight excluding hydrogens is 294 g/mol. The Morgan fingerprint density at radius 3 is 2.70 bits per heavy atom. The number of rotatable bonds is 4. The smallest absolute Gasteiger partial charge is 0.274 e. The van der Waals surface area contributed by atoms with Gasteiger partial charge in [-0.05, 0) is 37.6 Å². The molecule has 0 unspecified atom stereocenters. The maximum Gasteiger partial charge on any atom is 0.274 e. The number of nitrogens with one attached hydrogen (secondary N) is 2. The summed E-state index contributed by atoms with van der Waals surface area (Å²) < 4.78 is 1.78. The van der Waals surface area contributed by atoms with Crippen molar-refractivity contribution in [2.24, 2.45) is 5.10 Å². The number of nitrogens with zero attached hydrogens (tertiary/aromatic N) is 5. The van der Waals surface area contributed by atoms with Crippen molar-refractivity contribution < 1.29 is 0 Å². The number of hydrazone groups is 1. The predicted molar refractivity (Wildman–Crippen MR) is 86.8 cm³/mol. The van der Waals surface area contributed by atoms with Crippen LogP contribution in [0.25, 0.3) is 5.69 Å². The van der Waals surface area contributed by atoms with Gasteiger partial charge in [0.2, 0.25) is 5.95 Å². The Hall–Kier alpha value is -3.29. The Kier molecular flexibility index (Phi) is 3.96. The lowest BCUT2D eigenvalue weighted by molar-refractivity contribution is 0.880. The molecule has 3 aromatic rings. The largest absolute Gasteiger partial charge is 0.288 e. The SMILES string of the molecule is C/C(=N\Nc1nnc(C)c(=O)[nH]1)c1ccc(-n2cccn2)cc1. The van der Waals surface area contributed by atoms with Crippen molar-refractivity contribution in [3.63, 3.8) is 0 Å². The summed E-state index contributed by atoms with van der Waals surface area (Å²) in [7, 11) is 0. The fourth-order valence-corrected chi connectivity index (χ4v) is 1.92. The quantitative estimate of drug-likeness (QED) is 0.562. The molecule has 1 aromatic carbocycles. The van der Waals surface area contributed by atoms with Gasteiger partial charge in [0.25, 0.3) is 5.56 Å². The molecule has 0 spiro atoms.